The summed E-state index contributed by atoms with van der Waals surface area (Å²) >= 11 is 0. The second-order valence-electron chi connectivity index (χ2n) is 16.8. The molecule has 0 N–H and O–H groups in total. The summed E-state index contributed by atoms with van der Waals surface area (Å²) in [6, 6.07) is 49.2. The van der Waals surface area contributed by atoms with Gasteiger partial charge < -0.3 is 0 Å². The number of nitrogens with zero attached hydrogens (tertiary/aromatic N) is 5. The fourth-order valence-electron chi connectivity index (χ4n) is 11.0. The molecule has 5 aliphatic carbocycles. The molecule has 5 aromatic carbocycles. The Labute approximate surface area is 327 Å². The van der Waals surface area contributed by atoms with Crippen LogP contribution in [0.15, 0.2) is 146 Å². The van der Waals surface area contributed by atoms with Gasteiger partial charge in [0, 0.05) is 33.4 Å². The van der Waals surface area contributed by atoms with Gasteiger partial charge in [-0.2, -0.15) is 0 Å². The number of hydrogen-bond acceptors (Lipinski definition) is 5. The van der Waals surface area contributed by atoms with E-state index in [2.05, 4.69) is 103 Å². The van der Waals surface area contributed by atoms with E-state index in [4.69, 9.17) is 24.9 Å². The number of rotatable bonds is 8. The molecule has 4 saturated carbocycles. The summed E-state index contributed by atoms with van der Waals surface area (Å²) in [7, 11) is 0. The third-order valence-electron chi connectivity index (χ3n) is 13.8. The quantitative estimate of drug-likeness (QED) is 0.156. The van der Waals surface area contributed by atoms with Gasteiger partial charge in [0.15, 0.2) is 23.3 Å². The minimum atomic E-state index is 0.565. The zero-order valence-electron chi connectivity index (χ0n) is 31.2. The van der Waals surface area contributed by atoms with Gasteiger partial charge in [0.25, 0.3) is 0 Å². The summed E-state index contributed by atoms with van der Waals surface area (Å²) in [5.41, 5.74) is 12.2. The Morgan fingerprint density at radius 2 is 0.929 bits per heavy atom. The van der Waals surface area contributed by atoms with Crippen LogP contribution >= 0.6 is 0 Å². The van der Waals surface area contributed by atoms with Gasteiger partial charge in [-0.15, -0.1) is 0 Å². The fraction of sp³-hybridized carbons (Fsp3) is 0.235. The Morgan fingerprint density at radius 3 is 1.45 bits per heavy atom. The van der Waals surface area contributed by atoms with E-state index in [9.17, 15) is 0 Å². The maximum Gasteiger partial charge on any atom is 0.164 e. The molecule has 4 fully saturated rings. The number of hydrogen-bond donors (Lipinski definition) is 0. The lowest BCUT2D eigenvalue weighted by molar-refractivity contribution is -0.214. The largest absolute Gasteiger partial charge is 0.228 e. The van der Waals surface area contributed by atoms with E-state index >= 15 is 0 Å². The Hall–Kier alpha value is -6.07. The van der Waals surface area contributed by atoms with E-state index in [0.717, 1.165) is 86.1 Å². The second-order valence-corrected chi connectivity index (χ2v) is 16.8. The standard InChI is InChI=1S/C51H41N5/c1-4-10-33(11-5-1)48-52-44(32-20-18-31(19-21-32)41-23-30-16-17-36(41)22-30)29-45(53-48)37-24-38(46-42-27-39-28-43(46)47(39)42)26-40(25-37)51-55-49(34-12-6-2-7-13-34)54-50(56-51)35-14-8-3-9-15-35/h1-15,18-21,23-26,29-30,36,39,42-43,46-47H,16-17,22,27-28H2. The van der Waals surface area contributed by atoms with Crippen LogP contribution in [0.2, 0.25) is 0 Å². The topological polar surface area (TPSA) is 64.5 Å². The van der Waals surface area contributed by atoms with E-state index in [1.54, 1.807) is 0 Å². The average Bonchev–Trinajstić information content (AvgIpc) is 3.91. The molecule has 56 heavy (non-hydrogen) atoms. The van der Waals surface area contributed by atoms with E-state index in [1.807, 2.05) is 42.5 Å². The monoisotopic (exact) mass is 723 g/mol. The lowest BCUT2D eigenvalue weighted by Crippen LogP contribution is -2.65. The third kappa shape index (κ3) is 5.31. The lowest BCUT2D eigenvalue weighted by atomic mass is 9.31. The summed E-state index contributed by atoms with van der Waals surface area (Å²) in [5.74, 6) is 8.25. The fourth-order valence-corrected chi connectivity index (χ4v) is 11.0. The molecule has 7 aromatic rings. The molecule has 12 rings (SSSR count). The number of fused-ring (bicyclic) bond motifs is 2. The highest BCUT2D eigenvalue weighted by Crippen LogP contribution is 2.75. The van der Waals surface area contributed by atoms with Crippen LogP contribution in [0.1, 0.15) is 49.1 Å². The molecule has 4 atom stereocenters. The molecule has 0 amide bonds. The van der Waals surface area contributed by atoms with Crippen LogP contribution in [-0.2, 0) is 0 Å². The molecule has 0 aliphatic heterocycles. The summed E-state index contributed by atoms with van der Waals surface area (Å²) in [6.07, 6.45) is 9.24. The first-order chi connectivity index (χ1) is 27.7. The predicted octanol–water partition coefficient (Wildman–Crippen LogP) is 11.8. The zero-order chi connectivity index (χ0) is 36.7. The van der Waals surface area contributed by atoms with Crippen LogP contribution in [0.4, 0.5) is 0 Å². The van der Waals surface area contributed by atoms with Gasteiger partial charge in [-0.25, -0.2) is 24.9 Å². The van der Waals surface area contributed by atoms with Crippen molar-refractivity contribution >= 4 is 5.57 Å². The van der Waals surface area contributed by atoms with Crippen LogP contribution in [0, 0.1) is 35.5 Å². The molecule has 0 spiro atoms. The molecule has 2 aromatic heterocycles. The third-order valence-corrected chi connectivity index (χ3v) is 13.8. The van der Waals surface area contributed by atoms with Crippen molar-refractivity contribution in [1.29, 1.82) is 0 Å². The predicted molar refractivity (Wildman–Crippen MR) is 223 cm³/mol. The zero-order valence-corrected chi connectivity index (χ0v) is 31.2. The number of allylic oxidation sites excluding steroid dienone is 2. The van der Waals surface area contributed by atoms with Crippen molar-refractivity contribution in [3.63, 3.8) is 0 Å². The smallest absolute Gasteiger partial charge is 0.164 e. The molecular formula is C51H41N5. The van der Waals surface area contributed by atoms with Gasteiger partial charge in [-0.05, 0) is 114 Å². The van der Waals surface area contributed by atoms with Crippen molar-refractivity contribution < 1.29 is 0 Å². The van der Waals surface area contributed by atoms with E-state index in [1.165, 1.54) is 48.8 Å². The Kier molecular flexibility index (Phi) is 7.33. The summed E-state index contributed by atoms with van der Waals surface area (Å²) < 4.78 is 0. The van der Waals surface area contributed by atoms with E-state index in [-0.39, 0.29) is 0 Å². The SMILES string of the molecule is C1=C(c2ccc(-c3cc(-c4cc(-c5nc(-c6ccccc6)nc(-c6ccccc6)n5)cc(C5C6CC7CC5C76)c4)nc(-c4ccccc4)n3)cc2)C2CCC1C2. The van der Waals surface area contributed by atoms with Crippen molar-refractivity contribution in [2.75, 3.05) is 0 Å². The summed E-state index contributed by atoms with van der Waals surface area (Å²) in [5, 5.41) is 0. The molecule has 5 heteroatoms. The highest BCUT2D eigenvalue weighted by molar-refractivity contribution is 5.78. The normalized spacial score (nSPS) is 25.1. The van der Waals surface area contributed by atoms with Gasteiger partial charge >= 0.3 is 0 Å². The van der Waals surface area contributed by atoms with Crippen LogP contribution in [0.3, 0.4) is 0 Å². The maximum atomic E-state index is 5.32. The van der Waals surface area contributed by atoms with Gasteiger partial charge in [0.1, 0.15) is 0 Å². The number of benzene rings is 5. The molecule has 2 heterocycles. The Morgan fingerprint density at radius 1 is 0.411 bits per heavy atom. The van der Waals surface area contributed by atoms with Gasteiger partial charge in [0.2, 0.25) is 0 Å². The van der Waals surface area contributed by atoms with Crippen LogP contribution in [0.25, 0.3) is 73.6 Å². The van der Waals surface area contributed by atoms with E-state index in [0.29, 0.717) is 23.4 Å². The van der Waals surface area contributed by atoms with Crippen molar-refractivity contribution in [2.45, 2.75) is 38.0 Å². The molecule has 0 saturated heterocycles. The summed E-state index contributed by atoms with van der Waals surface area (Å²) in [4.78, 5) is 25.9. The highest BCUT2D eigenvalue weighted by atomic mass is 15.0. The molecule has 5 aliphatic rings. The molecule has 270 valence electrons. The van der Waals surface area contributed by atoms with Gasteiger partial charge in [0.05, 0.1) is 11.4 Å². The van der Waals surface area contributed by atoms with Crippen molar-refractivity contribution in [3.05, 3.63) is 157 Å². The first-order valence-corrected chi connectivity index (χ1v) is 20.5. The van der Waals surface area contributed by atoms with Crippen molar-refractivity contribution in [3.8, 4) is 68.1 Å². The molecular weight excluding hydrogens is 683 g/mol. The maximum absolute atomic E-state index is 5.32. The van der Waals surface area contributed by atoms with Crippen molar-refractivity contribution in [2.24, 2.45) is 35.5 Å². The highest BCUT2D eigenvalue weighted by Gasteiger charge is 2.67. The molecule has 5 nitrogen and oxygen atoms in total. The van der Waals surface area contributed by atoms with Gasteiger partial charge in [-0.3, -0.25) is 0 Å². The minimum absolute atomic E-state index is 0.565. The van der Waals surface area contributed by atoms with Gasteiger partial charge in [-0.1, -0.05) is 121 Å². The Balaban J connectivity index is 1.02. The van der Waals surface area contributed by atoms with Crippen LogP contribution in [0.5, 0.6) is 0 Å². The van der Waals surface area contributed by atoms with Crippen LogP contribution in [-0.4, -0.2) is 24.9 Å². The first kappa shape index (κ1) is 32.2. The molecule has 4 unspecified atom stereocenters. The second kappa shape index (κ2) is 12.7. The minimum Gasteiger partial charge on any atom is -0.228 e. The van der Waals surface area contributed by atoms with E-state index < -0.39 is 0 Å². The number of aromatic nitrogens is 5. The molecule has 0 radical (unpaired) electrons. The lowest BCUT2D eigenvalue weighted by Gasteiger charge is -2.73. The van der Waals surface area contributed by atoms with Crippen molar-refractivity contribution in [1.82, 2.24) is 24.9 Å². The summed E-state index contributed by atoms with van der Waals surface area (Å²) in [6.45, 7) is 0. The first-order valence-electron chi connectivity index (χ1n) is 20.5. The average molecular weight is 724 g/mol. The Bertz CT molecular complexity index is 2580. The molecule has 2 bridgehead atoms. The van der Waals surface area contributed by atoms with Crippen LogP contribution < -0.4 is 0 Å².